The Kier molecular flexibility index (Phi) is 6.61. The van der Waals surface area contributed by atoms with Crippen LogP contribution in [0.1, 0.15) is 22.8 Å². The van der Waals surface area contributed by atoms with Gasteiger partial charge in [-0.15, -0.1) is 11.8 Å². The van der Waals surface area contributed by atoms with Crippen LogP contribution in [0.15, 0.2) is 63.2 Å². The molecule has 4 N–H and O–H groups in total. The number of thiazole rings is 1. The fraction of sp³-hybridized carbons (Fsp3) is 0.379. The molecule has 224 valence electrons. The normalized spacial score (nSPS) is 28.9. The van der Waals surface area contributed by atoms with Crippen LogP contribution in [0, 0.1) is 29.6 Å². The number of H-pyrrole nitrogens is 1. The summed E-state index contributed by atoms with van der Waals surface area (Å²) in [6.45, 7) is -0.417. The average molecular weight is 640 g/mol. The van der Waals surface area contributed by atoms with Gasteiger partial charge in [-0.25, -0.2) is 13.6 Å². The Morgan fingerprint density at radius 1 is 1.02 bits per heavy atom. The Morgan fingerprint density at radius 2 is 1.67 bits per heavy atom. The molecule has 2 bridgehead atoms. The fourth-order valence-corrected chi connectivity index (χ4v) is 11.1. The number of amides is 3. The van der Waals surface area contributed by atoms with Crippen LogP contribution >= 0.6 is 23.1 Å². The summed E-state index contributed by atoms with van der Waals surface area (Å²) in [5.74, 6) is -2.27. The zero-order valence-electron chi connectivity index (χ0n) is 23.2. The lowest BCUT2D eigenvalue weighted by atomic mass is 9.68. The molecular formula is C29H29N5O6S3. The molecule has 7 rings (SSSR count). The number of anilines is 2. The number of hydrogen-bond donors (Lipinski definition) is 3. The van der Waals surface area contributed by atoms with E-state index in [2.05, 4.69) is 34.6 Å². The van der Waals surface area contributed by atoms with Crippen molar-refractivity contribution in [3.63, 3.8) is 0 Å². The highest BCUT2D eigenvalue weighted by molar-refractivity contribution is 8.00. The number of nitrogens with one attached hydrogen (secondary N) is 2. The molecule has 14 heteroatoms. The van der Waals surface area contributed by atoms with E-state index in [9.17, 15) is 27.6 Å². The molecule has 2 aromatic carbocycles. The largest absolute Gasteiger partial charge is 0.378 e. The summed E-state index contributed by atoms with van der Waals surface area (Å²) in [6, 6.07) is 13.7. The van der Waals surface area contributed by atoms with Crippen molar-refractivity contribution in [3.8, 4) is 0 Å². The van der Waals surface area contributed by atoms with E-state index < -0.39 is 34.3 Å². The van der Waals surface area contributed by atoms with Crippen LogP contribution in [0.25, 0.3) is 0 Å². The van der Waals surface area contributed by atoms with Crippen molar-refractivity contribution in [2.45, 2.75) is 27.5 Å². The Morgan fingerprint density at radius 3 is 2.30 bits per heavy atom. The number of aromatic amines is 1. The SMILES string of the molecule is CN(C)c1ccc([C@H]2c3sc(=O)[nH]c3SC3C4CC(C5C(=O)N(CC(=O)Nc6ccc(S(N)(=O)=O)cc6)C(=O)C45)C32)cc1. The van der Waals surface area contributed by atoms with E-state index in [1.54, 1.807) is 11.8 Å². The fourth-order valence-electron chi connectivity index (χ4n) is 7.66. The number of carbonyl (C=O) groups excluding carboxylic acids is 3. The second kappa shape index (κ2) is 10.0. The lowest BCUT2D eigenvalue weighted by molar-refractivity contribution is -0.143. The van der Waals surface area contributed by atoms with Crippen molar-refractivity contribution in [2.75, 3.05) is 30.9 Å². The maximum atomic E-state index is 13.8. The van der Waals surface area contributed by atoms with Gasteiger partial charge in [0, 0.05) is 41.5 Å². The predicted molar refractivity (Wildman–Crippen MR) is 162 cm³/mol. The number of hydrogen-bond acceptors (Lipinski definition) is 9. The molecule has 0 spiro atoms. The Labute approximate surface area is 255 Å². The lowest BCUT2D eigenvalue weighted by Crippen LogP contribution is -2.42. The molecule has 6 unspecified atom stereocenters. The van der Waals surface area contributed by atoms with Gasteiger partial charge < -0.3 is 15.2 Å². The number of nitrogens with zero attached hydrogens (tertiary/aromatic N) is 2. The highest BCUT2D eigenvalue weighted by Crippen LogP contribution is 2.68. The van der Waals surface area contributed by atoms with Gasteiger partial charge in [0.15, 0.2) is 0 Å². The predicted octanol–water partition coefficient (Wildman–Crippen LogP) is 2.26. The molecule has 3 aromatic rings. The molecule has 0 radical (unpaired) electrons. The van der Waals surface area contributed by atoms with Gasteiger partial charge in [-0.2, -0.15) is 0 Å². The first-order valence-electron chi connectivity index (χ1n) is 13.9. The maximum Gasteiger partial charge on any atom is 0.305 e. The topological polar surface area (TPSA) is 163 Å². The average Bonchev–Trinajstić information content (AvgIpc) is 3.69. The highest BCUT2D eigenvalue weighted by atomic mass is 32.2. The van der Waals surface area contributed by atoms with Crippen LogP contribution in [0.5, 0.6) is 0 Å². The minimum absolute atomic E-state index is 0.0413. The molecule has 2 aliphatic heterocycles. The van der Waals surface area contributed by atoms with Crippen molar-refractivity contribution in [1.82, 2.24) is 9.88 Å². The number of nitrogens with two attached hydrogens (primary N) is 1. The molecule has 3 amide bonds. The van der Waals surface area contributed by atoms with Crippen LogP contribution in [0.4, 0.5) is 11.4 Å². The quantitative estimate of drug-likeness (QED) is 0.346. The van der Waals surface area contributed by atoms with Crippen LogP contribution in [0.2, 0.25) is 0 Å². The Bertz CT molecular complexity index is 1820. The van der Waals surface area contributed by atoms with Crippen molar-refractivity contribution < 1.29 is 22.8 Å². The third-order valence-corrected chi connectivity index (χ3v) is 12.9. The molecule has 4 aliphatic rings. The van der Waals surface area contributed by atoms with Gasteiger partial charge in [0.25, 0.3) is 0 Å². The van der Waals surface area contributed by atoms with E-state index in [-0.39, 0.29) is 50.5 Å². The van der Waals surface area contributed by atoms with Gasteiger partial charge in [-0.3, -0.25) is 24.1 Å². The monoisotopic (exact) mass is 639 g/mol. The van der Waals surface area contributed by atoms with Crippen molar-refractivity contribution in [3.05, 3.63) is 68.6 Å². The Balaban J connectivity index is 1.15. The summed E-state index contributed by atoms with van der Waals surface area (Å²) < 4.78 is 23.0. The van der Waals surface area contributed by atoms with Crippen LogP contribution in [0.3, 0.4) is 0 Å². The zero-order chi connectivity index (χ0) is 30.4. The standard InChI is InChI=1S/C29H29N5O6S3/c1-33(2)15-7-3-13(4-8-15)20-21-17-11-18(24(21)41-26-25(20)42-29(38)32-26)23-22(17)27(36)34(28(23)37)12-19(35)31-14-5-9-16(10-6-14)43(30,39)40/h3-10,17-18,20-24H,11-12H2,1-2H3,(H,31,35)(H,32,38)(H2,30,39,40)/t17?,18?,20-,21?,22?,23?,24?/m1/s1. The molecule has 3 heterocycles. The van der Waals surface area contributed by atoms with Crippen LogP contribution in [-0.4, -0.2) is 61.9 Å². The minimum Gasteiger partial charge on any atom is -0.378 e. The number of aromatic nitrogens is 1. The van der Waals surface area contributed by atoms with Crippen molar-refractivity contribution in [1.29, 1.82) is 0 Å². The number of thioether (sulfide) groups is 1. The zero-order valence-corrected chi connectivity index (χ0v) is 25.7. The third-order valence-electron chi connectivity index (χ3n) is 9.35. The number of benzene rings is 2. The van der Waals surface area contributed by atoms with Gasteiger partial charge in [-0.1, -0.05) is 23.5 Å². The van der Waals surface area contributed by atoms with Crippen LogP contribution < -0.4 is 20.2 Å². The first-order chi connectivity index (χ1) is 20.4. The van der Waals surface area contributed by atoms with E-state index in [4.69, 9.17) is 5.14 Å². The molecule has 1 saturated heterocycles. The second-order valence-corrected chi connectivity index (χ2v) is 15.6. The minimum atomic E-state index is -3.88. The van der Waals surface area contributed by atoms with Crippen LogP contribution in [-0.2, 0) is 24.4 Å². The molecular weight excluding hydrogens is 611 g/mol. The smallest absolute Gasteiger partial charge is 0.305 e. The van der Waals surface area contributed by atoms with Gasteiger partial charge in [-0.05, 0) is 66.1 Å². The Hall–Kier alpha value is -3.46. The summed E-state index contributed by atoms with van der Waals surface area (Å²) in [6.07, 6.45) is 0.761. The first-order valence-corrected chi connectivity index (χ1v) is 17.1. The molecule has 43 heavy (non-hydrogen) atoms. The number of sulfonamides is 1. The summed E-state index contributed by atoms with van der Waals surface area (Å²) in [7, 11) is 0.0812. The summed E-state index contributed by atoms with van der Waals surface area (Å²) in [5, 5.41) is 8.68. The van der Waals surface area contributed by atoms with E-state index in [1.165, 1.54) is 35.6 Å². The third kappa shape index (κ3) is 4.53. The number of fused-ring (bicyclic) bond motifs is 9. The van der Waals surface area contributed by atoms with Gasteiger partial charge in [0.05, 0.1) is 21.8 Å². The second-order valence-electron chi connectivity index (χ2n) is 11.8. The van der Waals surface area contributed by atoms with Gasteiger partial charge in [0.1, 0.15) is 6.54 Å². The number of carbonyl (C=O) groups is 3. The molecule has 2 aliphatic carbocycles. The van der Waals surface area contributed by atoms with E-state index in [0.717, 1.165) is 32.5 Å². The van der Waals surface area contributed by atoms with Crippen molar-refractivity contribution in [2.24, 2.45) is 34.7 Å². The number of rotatable bonds is 6. The van der Waals surface area contributed by atoms with E-state index in [1.807, 2.05) is 19.0 Å². The molecule has 1 aromatic heterocycles. The number of imide groups is 1. The van der Waals surface area contributed by atoms with Gasteiger partial charge >= 0.3 is 4.87 Å². The van der Waals surface area contributed by atoms with E-state index in [0.29, 0.717) is 5.69 Å². The molecule has 7 atom stereocenters. The number of primary sulfonamides is 1. The highest BCUT2D eigenvalue weighted by Gasteiger charge is 2.69. The summed E-state index contributed by atoms with van der Waals surface area (Å²) in [4.78, 5) is 59.8. The molecule has 3 fully saturated rings. The first kappa shape index (κ1) is 28.3. The molecule has 11 nitrogen and oxygen atoms in total. The van der Waals surface area contributed by atoms with E-state index >= 15 is 0 Å². The number of likely N-dealkylation sites (tertiary alicyclic amines) is 1. The van der Waals surface area contributed by atoms with Crippen molar-refractivity contribution >= 4 is 62.2 Å². The van der Waals surface area contributed by atoms with Gasteiger partial charge in [0.2, 0.25) is 27.7 Å². The summed E-state index contributed by atoms with van der Waals surface area (Å²) >= 11 is 2.84. The lowest BCUT2D eigenvalue weighted by Gasteiger charge is -2.43. The molecule has 2 saturated carbocycles. The maximum absolute atomic E-state index is 13.8. The summed E-state index contributed by atoms with van der Waals surface area (Å²) in [5.41, 5.74) is 2.47.